The third-order valence-electron chi connectivity index (χ3n) is 2.60. The molecule has 1 aromatic rings. The van der Waals surface area contributed by atoms with E-state index in [-0.39, 0.29) is 5.91 Å². The third kappa shape index (κ3) is 4.47. The van der Waals surface area contributed by atoms with Gasteiger partial charge in [-0.05, 0) is 26.7 Å². The minimum Gasteiger partial charge on any atom is -0.356 e. The Kier molecular flexibility index (Phi) is 5.61. The first kappa shape index (κ1) is 12.7. The summed E-state index contributed by atoms with van der Waals surface area (Å²) in [4.78, 5) is 15.3. The van der Waals surface area contributed by atoms with Gasteiger partial charge < -0.3 is 9.88 Å². The predicted molar refractivity (Wildman–Crippen MR) is 64.1 cm³/mol. The lowest BCUT2D eigenvalue weighted by molar-refractivity contribution is -0.121. The number of unbranched alkanes of at least 4 members (excludes halogenated alkanes) is 2. The van der Waals surface area contributed by atoms with Gasteiger partial charge in [0.2, 0.25) is 5.91 Å². The van der Waals surface area contributed by atoms with Crippen molar-refractivity contribution in [2.45, 2.75) is 46.1 Å². The zero-order chi connectivity index (χ0) is 11.8. The van der Waals surface area contributed by atoms with Crippen molar-refractivity contribution in [2.24, 2.45) is 0 Å². The zero-order valence-electron chi connectivity index (χ0n) is 10.2. The summed E-state index contributed by atoms with van der Waals surface area (Å²) in [7, 11) is 0. The van der Waals surface area contributed by atoms with E-state index in [2.05, 4.69) is 14.9 Å². The summed E-state index contributed by atoms with van der Waals surface area (Å²) in [6.07, 6.45) is 7.64. The molecule has 0 fully saturated rings. The van der Waals surface area contributed by atoms with E-state index in [1.165, 1.54) is 0 Å². The molecule has 0 saturated carbocycles. The lowest BCUT2D eigenvalue weighted by Crippen LogP contribution is -2.22. The minimum atomic E-state index is 0.168. The van der Waals surface area contributed by atoms with Crippen molar-refractivity contribution in [1.82, 2.24) is 14.9 Å². The molecule has 4 heteroatoms. The number of nitrogens with one attached hydrogen (secondary N) is 1. The van der Waals surface area contributed by atoms with Gasteiger partial charge in [-0.2, -0.15) is 0 Å². The molecule has 1 rings (SSSR count). The number of hydrogen-bond donors (Lipinski definition) is 1. The van der Waals surface area contributed by atoms with E-state index in [1.807, 2.05) is 26.2 Å². The Labute approximate surface area is 97.1 Å². The zero-order valence-corrected chi connectivity index (χ0v) is 10.2. The fraction of sp³-hybridized carbons (Fsp3) is 0.667. The van der Waals surface area contributed by atoms with Gasteiger partial charge in [-0.3, -0.25) is 4.79 Å². The van der Waals surface area contributed by atoms with Gasteiger partial charge in [0.05, 0.1) is 0 Å². The quantitative estimate of drug-likeness (QED) is 0.717. The van der Waals surface area contributed by atoms with Gasteiger partial charge in [0.1, 0.15) is 5.82 Å². The van der Waals surface area contributed by atoms with Gasteiger partial charge in [-0.15, -0.1) is 0 Å². The fourth-order valence-electron chi connectivity index (χ4n) is 1.67. The standard InChI is InChI=1S/C12H21N3O/c1-3-13-12(16)7-5-4-6-9-15-10-8-14-11(15)2/h8,10H,3-7,9H2,1-2H3,(H,13,16). The molecule has 16 heavy (non-hydrogen) atoms. The minimum absolute atomic E-state index is 0.168. The molecule has 0 aliphatic carbocycles. The summed E-state index contributed by atoms with van der Waals surface area (Å²) in [6, 6.07) is 0. The molecule has 0 spiro atoms. The third-order valence-corrected chi connectivity index (χ3v) is 2.60. The molecule has 4 nitrogen and oxygen atoms in total. The van der Waals surface area contributed by atoms with Crippen LogP contribution in [0.2, 0.25) is 0 Å². The topological polar surface area (TPSA) is 46.9 Å². The summed E-state index contributed by atoms with van der Waals surface area (Å²) < 4.78 is 2.14. The highest BCUT2D eigenvalue weighted by Crippen LogP contribution is 2.04. The van der Waals surface area contributed by atoms with E-state index in [1.54, 1.807) is 0 Å². The van der Waals surface area contributed by atoms with Crippen LogP contribution in [0.5, 0.6) is 0 Å². The number of aromatic nitrogens is 2. The van der Waals surface area contributed by atoms with Crippen molar-refractivity contribution in [3.63, 3.8) is 0 Å². The molecule has 90 valence electrons. The molecular formula is C12H21N3O. The molecule has 0 aliphatic heterocycles. The summed E-state index contributed by atoms with van der Waals surface area (Å²) in [5.41, 5.74) is 0. The lowest BCUT2D eigenvalue weighted by atomic mass is 10.2. The maximum atomic E-state index is 11.2. The largest absolute Gasteiger partial charge is 0.356 e. The molecule has 0 aliphatic rings. The summed E-state index contributed by atoms with van der Waals surface area (Å²) in [5.74, 6) is 1.23. The smallest absolute Gasteiger partial charge is 0.219 e. The number of hydrogen-bond acceptors (Lipinski definition) is 2. The van der Waals surface area contributed by atoms with Crippen LogP contribution in [0.3, 0.4) is 0 Å². The number of carbonyl (C=O) groups excluding carboxylic acids is 1. The molecule has 0 unspecified atom stereocenters. The maximum absolute atomic E-state index is 11.2. The number of carbonyl (C=O) groups is 1. The normalized spacial score (nSPS) is 10.4. The Hall–Kier alpha value is -1.32. The Morgan fingerprint density at radius 3 is 2.88 bits per heavy atom. The van der Waals surface area contributed by atoms with Crippen LogP contribution in [0.1, 0.15) is 38.4 Å². The first-order valence-corrected chi connectivity index (χ1v) is 5.98. The number of imidazole rings is 1. The Balaban J connectivity index is 2.04. The van der Waals surface area contributed by atoms with Crippen molar-refractivity contribution in [1.29, 1.82) is 0 Å². The molecule has 0 atom stereocenters. The SMILES string of the molecule is CCNC(=O)CCCCCn1ccnc1C. The molecule has 1 heterocycles. The van der Waals surface area contributed by atoms with Crippen LogP contribution in [0, 0.1) is 6.92 Å². The molecule has 1 N–H and O–H groups in total. The highest BCUT2D eigenvalue weighted by atomic mass is 16.1. The second-order valence-electron chi connectivity index (χ2n) is 3.93. The second-order valence-corrected chi connectivity index (χ2v) is 3.93. The Morgan fingerprint density at radius 1 is 1.44 bits per heavy atom. The van der Waals surface area contributed by atoms with E-state index >= 15 is 0 Å². The predicted octanol–water partition coefficient (Wildman–Crippen LogP) is 1.89. The van der Waals surface area contributed by atoms with Crippen LogP contribution >= 0.6 is 0 Å². The van der Waals surface area contributed by atoms with Gasteiger partial charge in [0.25, 0.3) is 0 Å². The van der Waals surface area contributed by atoms with Crippen molar-refractivity contribution in [3.8, 4) is 0 Å². The van der Waals surface area contributed by atoms with Crippen LogP contribution in [-0.4, -0.2) is 22.0 Å². The average Bonchev–Trinajstić information content (AvgIpc) is 2.64. The van der Waals surface area contributed by atoms with Crippen molar-refractivity contribution in [2.75, 3.05) is 6.54 Å². The molecule has 0 radical (unpaired) electrons. The Bertz CT molecular complexity index is 320. The van der Waals surface area contributed by atoms with Crippen molar-refractivity contribution < 1.29 is 4.79 Å². The van der Waals surface area contributed by atoms with E-state index in [0.29, 0.717) is 6.42 Å². The van der Waals surface area contributed by atoms with Gasteiger partial charge in [0.15, 0.2) is 0 Å². The van der Waals surface area contributed by atoms with E-state index < -0.39 is 0 Å². The molecule has 1 amide bonds. The molecular weight excluding hydrogens is 202 g/mol. The highest BCUT2D eigenvalue weighted by Gasteiger charge is 1.99. The molecule has 1 aromatic heterocycles. The first-order valence-electron chi connectivity index (χ1n) is 5.98. The number of rotatable bonds is 7. The fourth-order valence-corrected chi connectivity index (χ4v) is 1.67. The number of nitrogens with zero attached hydrogens (tertiary/aromatic N) is 2. The van der Waals surface area contributed by atoms with Gasteiger partial charge >= 0.3 is 0 Å². The summed E-state index contributed by atoms with van der Waals surface area (Å²) in [6.45, 7) is 5.68. The molecule has 0 saturated heterocycles. The Morgan fingerprint density at radius 2 is 2.25 bits per heavy atom. The second kappa shape index (κ2) is 7.04. The monoisotopic (exact) mass is 223 g/mol. The molecule has 0 bridgehead atoms. The van der Waals surface area contributed by atoms with Crippen LogP contribution < -0.4 is 5.32 Å². The lowest BCUT2D eigenvalue weighted by Gasteiger charge is -2.05. The first-order chi connectivity index (χ1) is 7.74. The molecule has 0 aromatic carbocycles. The van der Waals surface area contributed by atoms with Crippen LogP contribution in [0.25, 0.3) is 0 Å². The van der Waals surface area contributed by atoms with Crippen LogP contribution in [0.15, 0.2) is 12.4 Å². The van der Waals surface area contributed by atoms with Gasteiger partial charge in [0, 0.05) is 31.9 Å². The van der Waals surface area contributed by atoms with E-state index in [4.69, 9.17) is 0 Å². The highest BCUT2D eigenvalue weighted by molar-refractivity contribution is 5.75. The van der Waals surface area contributed by atoms with Crippen molar-refractivity contribution >= 4 is 5.91 Å². The summed E-state index contributed by atoms with van der Waals surface area (Å²) in [5, 5.41) is 2.80. The van der Waals surface area contributed by atoms with Crippen LogP contribution in [-0.2, 0) is 11.3 Å². The van der Waals surface area contributed by atoms with Crippen LogP contribution in [0.4, 0.5) is 0 Å². The number of aryl methyl sites for hydroxylation is 2. The maximum Gasteiger partial charge on any atom is 0.219 e. The van der Waals surface area contributed by atoms with Gasteiger partial charge in [-0.1, -0.05) is 6.42 Å². The van der Waals surface area contributed by atoms with Crippen molar-refractivity contribution in [3.05, 3.63) is 18.2 Å². The summed E-state index contributed by atoms with van der Waals surface area (Å²) >= 11 is 0. The van der Waals surface area contributed by atoms with E-state index in [0.717, 1.165) is 38.2 Å². The average molecular weight is 223 g/mol. The van der Waals surface area contributed by atoms with E-state index in [9.17, 15) is 4.79 Å². The number of amides is 1. The van der Waals surface area contributed by atoms with Gasteiger partial charge in [-0.25, -0.2) is 4.98 Å².